The molecule has 1 aliphatic heterocycles. The van der Waals surface area contributed by atoms with Gasteiger partial charge in [0, 0.05) is 42.8 Å². The molecular weight excluding hydrogens is 342 g/mol. The number of benzene rings is 1. The molecular formula is C21H21N3O3. The Balaban J connectivity index is 1.43. The first-order valence-electron chi connectivity index (χ1n) is 8.95. The van der Waals surface area contributed by atoms with Crippen LogP contribution in [0.5, 0.6) is 11.5 Å². The monoisotopic (exact) mass is 363 g/mol. The quantitative estimate of drug-likeness (QED) is 0.773. The first-order valence-corrected chi connectivity index (χ1v) is 8.95. The summed E-state index contributed by atoms with van der Waals surface area (Å²) in [6.45, 7) is 3.01. The van der Waals surface area contributed by atoms with Crippen LogP contribution in [0.1, 0.15) is 22.5 Å². The maximum absolute atomic E-state index is 12.8. The Kier molecular flexibility index (Phi) is 4.54. The number of carbonyl (C=O) groups is 1. The largest absolute Gasteiger partial charge is 0.507 e. The highest BCUT2D eigenvalue weighted by Gasteiger charge is 2.29. The average molecular weight is 363 g/mol. The van der Waals surface area contributed by atoms with Crippen molar-refractivity contribution < 1.29 is 14.6 Å². The van der Waals surface area contributed by atoms with E-state index in [0.29, 0.717) is 24.4 Å². The number of carbonyl (C=O) groups excluding carboxylic acids is 1. The number of aromatic nitrogens is 2. The first-order chi connectivity index (χ1) is 13.1. The van der Waals surface area contributed by atoms with E-state index >= 15 is 0 Å². The van der Waals surface area contributed by atoms with Gasteiger partial charge in [0.1, 0.15) is 17.6 Å². The zero-order valence-electron chi connectivity index (χ0n) is 15.1. The number of ether oxygens (including phenoxy) is 1. The predicted molar refractivity (Wildman–Crippen MR) is 101 cm³/mol. The van der Waals surface area contributed by atoms with E-state index in [1.807, 2.05) is 54.2 Å². The third-order valence-electron chi connectivity index (χ3n) is 4.73. The molecule has 0 spiro atoms. The summed E-state index contributed by atoms with van der Waals surface area (Å²) >= 11 is 0. The van der Waals surface area contributed by atoms with Crippen LogP contribution in [0.4, 0.5) is 0 Å². The van der Waals surface area contributed by atoms with E-state index in [9.17, 15) is 9.90 Å². The van der Waals surface area contributed by atoms with Crippen molar-refractivity contribution in [3.63, 3.8) is 0 Å². The van der Waals surface area contributed by atoms with Crippen LogP contribution in [0.25, 0.3) is 5.69 Å². The van der Waals surface area contributed by atoms with Gasteiger partial charge in [0.15, 0.2) is 0 Å². The molecule has 138 valence electrons. The van der Waals surface area contributed by atoms with Crippen molar-refractivity contribution in [1.82, 2.24) is 14.5 Å². The number of hydrogen-bond acceptors (Lipinski definition) is 4. The highest BCUT2D eigenvalue weighted by molar-refractivity contribution is 5.97. The van der Waals surface area contributed by atoms with E-state index in [1.165, 1.54) is 0 Å². The molecule has 3 aromatic rings. The molecule has 1 saturated heterocycles. The fraction of sp³-hybridized carbons (Fsp3) is 0.238. The van der Waals surface area contributed by atoms with E-state index in [0.717, 1.165) is 17.8 Å². The number of aryl methyl sites for hydroxylation is 1. The molecule has 1 unspecified atom stereocenters. The van der Waals surface area contributed by atoms with Crippen LogP contribution in [0, 0.1) is 6.92 Å². The highest BCUT2D eigenvalue weighted by Crippen LogP contribution is 2.25. The summed E-state index contributed by atoms with van der Waals surface area (Å²) in [6.07, 6.45) is 6.16. The number of aromatic hydroxyl groups is 1. The number of rotatable bonds is 4. The minimum absolute atomic E-state index is 0.0155. The second-order valence-corrected chi connectivity index (χ2v) is 6.71. The first kappa shape index (κ1) is 17.1. The minimum atomic E-state index is -0.181. The van der Waals surface area contributed by atoms with Crippen molar-refractivity contribution in [2.45, 2.75) is 19.4 Å². The second-order valence-electron chi connectivity index (χ2n) is 6.71. The third-order valence-corrected chi connectivity index (χ3v) is 4.73. The molecule has 1 fully saturated rings. The Hall–Kier alpha value is -3.28. The molecule has 4 rings (SSSR count). The molecule has 0 saturated carbocycles. The second kappa shape index (κ2) is 7.15. The zero-order chi connectivity index (χ0) is 18.8. The Morgan fingerprint density at radius 2 is 2.04 bits per heavy atom. The number of amides is 1. The number of phenols is 1. The Morgan fingerprint density at radius 1 is 1.22 bits per heavy atom. The van der Waals surface area contributed by atoms with Gasteiger partial charge >= 0.3 is 0 Å². The van der Waals surface area contributed by atoms with Crippen LogP contribution in [-0.4, -0.2) is 44.7 Å². The lowest BCUT2D eigenvalue weighted by Gasteiger charge is -2.18. The fourth-order valence-electron chi connectivity index (χ4n) is 3.26. The Labute approximate surface area is 157 Å². The molecule has 6 nitrogen and oxygen atoms in total. The van der Waals surface area contributed by atoms with Gasteiger partial charge in [-0.3, -0.25) is 9.78 Å². The normalized spacial score (nSPS) is 16.5. The lowest BCUT2D eigenvalue weighted by atomic mass is 10.1. The highest BCUT2D eigenvalue weighted by atomic mass is 16.5. The maximum Gasteiger partial charge on any atom is 0.257 e. The maximum atomic E-state index is 12.8. The van der Waals surface area contributed by atoms with E-state index < -0.39 is 0 Å². The Morgan fingerprint density at radius 3 is 2.74 bits per heavy atom. The summed E-state index contributed by atoms with van der Waals surface area (Å²) < 4.78 is 7.80. The molecule has 1 aromatic carbocycles. The number of nitrogens with zero attached hydrogens (tertiary/aromatic N) is 3. The summed E-state index contributed by atoms with van der Waals surface area (Å²) in [5, 5.41) is 10.3. The Bertz CT molecular complexity index is 936. The van der Waals surface area contributed by atoms with Crippen LogP contribution in [0.2, 0.25) is 0 Å². The molecule has 2 aromatic heterocycles. The summed E-state index contributed by atoms with van der Waals surface area (Å²) in [7, 11) is 0. The van der Waals surface area contributed by atoms with Gasteiger partial charge in [-0.25, -0.2) is 0 Å². The molecule has 0 aliphatic carbocycles. The van der Waals surface area contributed by atoms with Crippen LogP contribution in [-0.2, 0) is 0 Å². The van der Waals surface area contributed by atoms with Crippen molar-refractivity contribution in [2.24, 2.45) is 0 Å². The molecule has 1 amide bonds. The van der Waals surface area contributed by atoms with Crippen LogP contribution < -0.4 is 4.74 Å². The van der Waals surface area contributed by atoms with Gasteiger partial charge in [-0.05, 0) is 43.3 Å². The van der Waals surface area contributed by atoms with Gasteiger partial charge in [-0.1, -0.05) is 0 Å². The summed E-state index contributed by atoms with van der Waals surface area (Å²) in [4.78, 5) is 18.7. The summed E-state index contributed by atoms with van der Waals surface area (Å²) in [5.74, 6) is 0.511. The molecule has 1 N–H and O–H groups in total. The van der Waals surface area contributed by atoms with Crippen molar-refractivity contribution in [3.05, 3.63) is 72.3 Å². The number of likely N-dealkylation sites (tertiary alicyclic amines) is 1. The van der Waals surface area contributed by atoms with Gasteiger partial charge in [0.05, 0.1) is 18.3 Å². The molecule has 6 heteroatoms. The van der Waals surface area contributed by atoms with Crippen molar-refractivity contribution >= 4 is 5.91 Å². The summed E-state index contributed by atoms with van der Waals surface area (Å²) in [6, 6.07) is 12.7. The van der Waals surface area contributed by atoms with Crippen LogP contribution >= 0.6 is 0 Å². The van der Waals surface area contributed by atoms with Gasteiger partial charge in [0.2, 0.25) is 0 Å². The minimum Gasteiger partial charge on any atom is -0.507 e. The lowest BCUT2D eigenvalue weighted by molar-refractivity contribution is 0.0769. The van der Waals surface area contributed by atoms with Gasteiger partial charge in [-0.15, -0.1) is 0 Å². The standard InChI is InChI=1S/C21H21N3O3/c1-15-4-6-17(13-22-15)27-18-8-11-24(14-18)21(26)19-7-5-16(12-20(19)25)23-9-2-3-10-23/h2-7,9-10,12-13,18,25H,8,11,14H2,1H3. The van der Waals surface area contributed by atoms with Crippen LogP contribution in [0.3, 0.4) is 0 Å². The van der Waals surface area contributed by atoms with E-state index in [2.05, 4.69) is 4.98 Å². The average Bonchev–Trinajstić information content (AvgIpc) is 3.35. The van der Waals surface area contributed by atoms with Crippen LogP contribution in [0.15, 0.2) is 61.1 Å². The van der Waals surface area contributed by atoms with Gasteiger partial charge in [-0.2, -0.15) is 0 Å². The van der Waals surface area contributed by atoms with E-state index in [4.69, 9.17) is 4.74 Å². The predicted octanol–water partition coefficient (Wildman–Crippen LogP) is 3.18. The smallest absolute Gasteiger partial charge is 0.257 e. The van der Waals surface area contributed by atoms with Gasteiger partial charge in [0.25, 0.3) is 5.91 Å². The molecule has 1 atom stereocenters. The zero-order valence-corrected chi connectivity index (χ0v) is 15.1. The number of pyridine rings is 1. The topological polar surface area (TPSA) is 67.6 Å². The van der Waals surface area contributed by atoms with E-state index in [1.54, 1.807) is 23.2 Å². The SMILES string of the molecule is Cc1ccc(OC2CCN(C(=O)c3ccc(-n4cccc4)cc3O)C2)cn1. The molecule has 3 heterocycles. The van der Waals surface area contributed by atoms with Crippen molar-refractivity contribution in [2.75, 3.05) is 13.1 Å². The molecule has 0 bridgehead atoms. The number of phenolic OH excluding ortho intramolecular Hbond substituents is 1. The van der Waals surface area contributed by atoms with Crippen molar-refractivity contribution in [1.29, 1.82) is 0 Å². The van der Waals surface area contributed by atoms with E-state index in [-0.39, 0.29) is 17.8 Å². The van der Waals surface area contributed by atoms with Gasteiger partial charge < -0.3 is 19.3 Å². The lowest BCUT2D eigenvalue weighted by Crippen LogP contribution is -2.31. The fourth-order valence-corrected chi connectivity index (χ4v) is 3.26. The summed E-state index contributed by atoms with van der Waals surface area (Å²) in [5.41, 5.74) is 2.05. The third kappa shape index (κ3) is 3.65. The van der Waals surface area contributed by atoms with Crippen molar-refractivity contribution in [3.8, 4) is 17.2 Å². The molecule has 1 aliphatic rings. The number of hydrogen-bond donors (Lipinski definition) is 1. The molecule has 0 radical (unpaired) electrons. The molecule has 27 heavy (non-hydrogen) atoms.